The van der Waals surface area contributed by atoms with Gasteiger partial charge in [-0.2, -0.15) is 4.31 Å². The minimum atomic E-state index is -3.67. The van der Waals surface area contributed by atoms with E-state index in [0.717, 1.165) is 30.4 Å². The molecular weight excluding hydrogens is 464 g/mol. The molecule has 1 N–H and O–H groups in total. The summed E-state index contributed by atoms with van der Waals surface area (Å²) in [5, 5.41) is 2.96. The highest BCUT2D eigenvalue weighted by Gasteiger charge is 2.33. The standard InChI is InChI=1S/C27H28N2O5S/c1-2-33-25-15-14-19(35(31,32)29-16-8-3-9-17-29)18-22(25)28-27(30)26-20-10-4-6-12-23(20)34-24-13-7-5-11-21(24)26/h4-7,10-15,18,26H,2-3,8-9,16-17H2,1H3,(H,28,30). The Hall–Kier alpha value is -3.36. The Labute approximate surface area is 205 Å². The predicted molar refractivity (Wildman–Crippen MR) is 134 cm³/mol. The Morgan fingerprint density at radius 1 is 0.971 bits per heavy atom. The second-order valence-corrected chi connectivity index (χ2v) is 10.6. The smallest absolute Gasteiger partial charge is 0.243 e. The summed E-state index contributed by atoms with van der Waals surface area (Å²) < 4.78 is 39.8. The molecule has 0 atom stereocenters. The zero-order valence-corrected chi connectivity index (χ0v) is 20.4. The van der Waals surface area contributed by atoms with Gasteiger partial charge >= 0.3 is 0 Å². The lowest BCUT2D eigenvalue weighted by Crippen LogP contribution is -2.35. The highest BCUT2D eigenvalue weighted by molar-refractivity contribution is 7.89. The molecule has 2 aliphatic heterocycles. The number of piperidine rings is 1. The predicted octanol–water partition coefficient (Wildman–Crippen LogP) is 5.14. The molecule has 0 spiro atoms. The fourth-order valence-corrected chi connectivity index (χ4v) is 6.24. The number of nitrogens with zero attached hydrogens (tertiary/aromatic N) is 1. The van der Waals surface area contributed by atoms with Gasteiger partial charge < -0.3 is 14.8 Å². The first kappa shape index (κ1) is 23.4. The monoisotopic (exact) mass is 492 g/mol. The number of para-hydroxylation sites is 2. The molecule has 2 aliphatic rings. The number of hydrogen-bond acceptors (Lipinski definition) is 5. The third kappa shape index (κ3) is 4.51. The van der Waals surface area contributed by atoms with E-state index in [4.69, 9.17) is 9.47 Å². The topological polar surface area (TPSA) is 84.9 Å². The molecule has 0 aromatic heterocycles. The van der Waals surface area contributed by atoms with Crippen LogP contribution in [0.4, 0.5) is 5.69 Å². The Kier molecular flexibility index (Phi) is 6.49. The van der Waals surface area contributed by atoms with Crippen LogP contribution in [0, 0.1) is 0 Å². The zero-order valence-electron chi connectivity index (χ0n) is 19.6. The Bertz CT molecular complexity index is 1300. The summed E-state index contributed by atoms with van der Waals surface area (Å²) >= 11 is 0. The van der Waals surface area contributed by atoms with Crippen LogP contribution in [0.1, 0.15) is 43.2 Å². The molecule has 35 heavy (non-hydrogen) atoms. The number of fused-ring (bicyclic) bond motifs is 2. The number of nitrogens with one attached hydrogen (secondary N) is 1. The Morgan fingerprint density at radius 3 is 2.23 bits per heavy atom. The molecule has 0 radical (unpaired) electrons. The lowest BCUT2D eigenvalue weighted by molar-refractivity contribution is -0.116. The molecular formula is C27H28N2O5S. The minimum Gasteiger partial charge on any atom is -0.492 e. The van der Waals surface area contributed by atoms with Crippen molar-refractivity contribution in [2.24, 2.45) is 0 Å². The maximum atomic E-state index is 13.7. The highest BCUT2D eigenvalue weighted by atomic mass is 32.2. The van der Waals surface area contributed by atoms with Crippen LogP contribution >= 0.6 is 0 Å². The summed E-state index contributed by atoms with van der Waals surface area (Å²) in [5.74, 6) is 0.761. The van der Waals surface area contributed by atoms with Gasteiger partial charge in [-0.15, -0.1) is 0 Å². The van der Waals surface area contributed by atoms with Crippen molar-refractivity contribution in [3.8, 4) is 17.2 Å². The van der Waals surface area contributed by atoms with Gasteiger partial charge in [0.05, 0.1) is 23.1 Å². The van der Waals surface area contributed by atoms with E-state index in [0.29, 0.717) is 42.6 Å². The van der Waals surface area contributed by atoms with Crippen molar-refractivity contribution in [1.82, 2.24) is 4.31 Å². The lowest BCUT2D eigenvalue weighted by Gasteiger charge is -2.28. The number of hydrogen-bond donors (Lipinski definition) is 1. The van der Waals surface area contributed by atoms with Gasteiger partial charge in [0.2, 0.25) is 15.9 Å². The van der Waals surface area contributed by atoms with Crippen LogP contribution < -0.4 is 14.8 Å². The van der Waals surface area contributed by atoms with E-state index >= 15 is 0 Å². The third-order valence-electron chi connectivity index (χ3n) is 6.40. The Balaban J connectivity index is 1.51. The van der Waals surface area contributed by atoms with E-state index in [9.17, 15) is 13.2 Å². The quantitative estimate of drug-likeness (QED) is 0.515. The number of amides is 1. The second kappa shape index (κ2) is 9.71. The molecule has 1 amide bonds. The van der Waals surface area contributed by atoms with Gasteiger partial charge in [0.1, 0.15) is 17.2 Å². The number of anilines is 1. The fourth-order valence-electron chi connectivity index (χ4n) is 4.70. The zero-order chi connectivity index (χ0) is 24.4. The third-order valence-corrected chi connectivity index (χ3v) is 8.30. The number of ether oxygens (including phenoxy) is 2. The van der Waals surface area contributed by atoms with Crippen LogP contribution in [0.25, 0.3) is 0 Å². The molecule has 3 aromatic rings. The molecule has 1 fully saturated rings. The van der Waals surface area contributed by atoms with Crippen LogP contribution in [0.2, 0.25) is 0 Å². The van der Waals surface area contributed by atoms with Gasteiger partial charge in [-0.1, -0.05) is 42.8 Å². The molecule has 0 unspecified atom stereocenters. The summed E-state index contributed by atoms with van der Waals surface area (Å²) in [6.07, 6.45) is 2.73. The van der Waals surface area contributed by atoms with Crippen molar-refractivity contribution in [3.63, 3.8) is 0 Å². The normalized spacial score (nSPS) is 16.0. The van der Waals surface area contributed by atoms with Crippen molar-refractivity contribution in [2.75, 3.05) is 25.0 Å². The van der Waals surface area contributed by atoms with Crippen LogP contribution in [-0.2, 0) is 14.8 Å². The number of sulfonamides is 1. The van der Waals surface area contributed by atoms with Crippen molar-refractivity contribution in [2.45, 2.75) is 37.0 Å². The number of rotatable bonds is 6. The molecule has 0 saturated carbocycles. The van der Waals surface area contributed by atoms with Gasteiger partial charge in [0, 0.05) is 24.2 Å². The van der Waals surface area contributed by atoms with E-state index in [2.05, 4.69) is 5.32 Å². The Morgan fingerprint density at radius 2 is 1.60 bits per heavy atom. The number of benzene rings is 3. The van der Waals surface area contributed by atoms with Crippen molar-refractivity contribution < 1.29 is 22.7 Å². The molecule has 7 nitrogen and oxygen atoms in total. The van der Waals surface area contributed by atoms with E-state index in [1.165, 1.54) is 10.4 Å². The van der Waals surface area contributed by atoms with Crippen molar-refractivity contribution >= 4 is 21.6 Å². The first-order valence-corrected chi connectivity index (χ1v) is 13.4. The van der Waals surface area contributed by atoms with Gasteiger partial charge in [0.15, 0.2) is 0 Å². The first-order valence-electron chi connectivity index (χ1n) is 11.9. The molecule has 0 bridgehead atoms. The van der Waals surface area contributed by atoms with Gasteiger partial charge in [-0.05, 0) is 50.1 Å². The molecule has 0 aliphatic carbocycles. The van der Waals surface area contributed by atoms with Gasteiger partial charge in [0.25, 0.3) is 0 Å². The van der Waals surface area contributed by atoms with E-state index in [1.54, 1.807) is 12.1 Å². The van der Waals surface area contributed by atoms with Crippen LogP contribution in [-0.4, -0.2) is 38.3 Å². The lowest BCUT2D eigenvalue weighted by atomic mass is 9.87. The number of carbonyl (C=O) groups excluding carboxylic acids is 1. The van der Waals surface area contributed by atoms with Gasteiger partial charge in [-0.25, -0.2) is 8.42 Å². The van der Waals surface area contributed by atoms with E-state index < -0.39 is 15.9 Å². The van der Waals surface area contributed by atoms with E-state index in [1.807, 2.05) is 55.5 Å². The SMILES string of the molecule is CCOc1ccc(S(=O)(=O)N2CCCCC2)cc1NC(=O)C1c2ccccc2Oc2ccccc21. The molecule has 5 rings (SSSR count). The molecule has 8 heteroatoms. The molecule has 182 valence electrons. The molecule has 2 heterocycles. The first-order chi connectivity index (χ1) is 17.0. The summed E-state index contributed by atoms with van der Waals surface area (Å²) in [6.45, 7) is 3.23. The maximum absolute atomic E-state index is 13.7. The molecule has 1 saturated heterocycles. The van der Waals surface area contributed by atoms with Crippen molar-refractivity contribution in [1.29, 1.82) is 0 Å². The summed E-state index contributed by atoms with van der Waals surface area (Å²) in [7, 11) is -3.67. The number of carbonyl (C=O) groups is 1. The largest absolute Gasteiger partial charge is 0.492 e. The second-order valence-electron chi connectivity index (χ2n) is 8.66. The summed E-state index contributed by atoms with van der Waals surface area (Å²) in [4.78, 5) is 13.9. The average Bonchev–Trinajstić information content (AvgIpc) is 2.88. The summed E-state index contributed by atoms with van der Waals surface area (Å²) in [5.41, 5.74) is 1.83. The molecule has 3 aromatic carbocycles. The van der Waals surface area contributed by atoms with Crippen LogP contribution in [0.5, 0.6) is 17.2 Å². The van der Waals surface area contributed by atoms with Crippen molar-refractivity contribution in [3.05, 3.63) is 77.9 Å². The van der Waals surface area contributed by atoms with E-state index in [-0.39, 0.29) is 10.8 Å². The van der Waals surface area contributed by atoms with Crippen LogP contribution in [0.15, 0.2) is 71.6 Å². The maximum Gasteiger partial charge on any atom is 0.243 e. The fraction of sp³-hybridized carbons (Fsp3) is 0.296. The minimum absolute atomic E-state index is 0.144. The summed E-state index contributed by atoms with van der Waals surface area (Å²) in [6, 6.07) is 19.5. The van der Waals surface area contributed by atoms with Gasteiger partial charge in [-0.3, -0.25) is 4.79 Å². The highest BCUT2D eigenvalue weighted by Crippen LogP contribution is 2.44. The average molecular weight is 493 g/mol. The van der Waals surface area contributed by atoms with Crippen LogP contribution in [0.3, 0.4) is 0 Å².